The van der Waals surface area contributed by atoms with E-state index in [-0.39, 0.29) is 18.0 Å². The number of esters is 1. The van der Waals surface area contributed by atoms with Gasteiger partial charge in [0.2, 0.25) is 0 Å². The molecule has 1 aromatic carbocycles. The summed E-state index contributed by atoms with van der Waals surface area (Å²) in [4.78, 5) is 23.0. The Morgan fingerprint density at radius 1 is 1.46 bits per heavy atom. The van der Waals surface area contributed by atoms with Gasteiger partial charge in [0, 0.05) is 11.8 Å². The Balaban J connectivity index is 2.53. The molecule has 0 bridgehead atoms. The first-order valence-electron chi connectivity index (χ1n) is 7.16. The molecule has 0 radical (unpaired) electrons. The van der Waals surface area contributed by atoms with Crippen molar-refractivity contribution < 1.29 is 19.2 Å². The van der Waals surface area contributed by atoms with E-state index in [4.69, 9.17) is 21.7 Å². The van der Waals surface area contributed by atoms with Gasteiger partial charge < -0.3 is 20.1 Å². The van der Waals surface area contributed by atoms with Crippen molar-refractivity contribution in [3.05, 3.63) is 45.1 Å². The van der Waals surface area contributed by atoms with E-state index < -0.39 is 16.9 Å². The quantitative estimate of drug-likeness (QED) is 0.359. The number of methoxy groups -OCH3 is 1. The summed E-state index contributed by atoms with van der Waals surface area (Å²) in [6.45, 7) is 3.62. The van der Waals surface area contributed by atoms with E-state index >= 15 is 0 Å². The first-order valence-corrected chi connectivity index (χ1v) is 7.57. The van der Waals surface area contributed by atoms with E-state index in [0.717, 1.165) is 0 Å². The third-order valence-electron chi connectivity index (χ3n) is 3.50. The Labute approximate surface area is 144 Å². The van der Waals surface area contributed by atoms with E-state index in [1.165, 1.54) is 19.2 Å². The van der Waals surface area contributed by atoms with Crippen molar-refractivity contribution in [2.24, 2.45) is 0 Å². The number of nitro benzene ring substituents is 1. The second-order valence-corrected chi connectivity index (χ2v) is 5.39. The number of carbonyl (C=O) groups excluding carboxylic acids is 1. The highest BCUT2D eigenvalue weighted by molar-refractivity contribution is 7.80. The van der Waals surface area contributed by atoms with Crippen molar-refractivity contribution >= 4 is 29.0 Å². The summed E-state index contributed by atoms with van der Waals surface area (Å²) in [7, 11) is 1.36. The fraction of sp³-hybridized carbons (Fsp3) is 0.333. The Kier molecular flexibility index (Phi) is 5.35. The van der Waals surface area contributed by atoms with Crippen LogP contribution in [-0.2, 0) is 9.53 Å². The molecule has 1 unspecified atom stereocenters. The lowest BCUT2D eigenvalue weighted by Gasteiger charge is -2.29. The van der Waals surface area contributed by atoms with Crippen LogP contribution in [0.25, 0.3) is 0 Å². The number of carbonyl (C=O) groups is 1. The number of ether oxygens (including phenoxy) is 2. The number of hydrogen-bond acceptors (Lipinski definition) is 6. The van der Waals surface area contributed by atoms with Crippen LogP contribution in [0.1, 0.15) is 25.5 Å². The van der Waals surface area contributed by atoms with E-state index in [0.29, 0.717) is 21.9 Å². The van der Waals surface area contributed by atoms with Gasteiger partial charge in [-0.15, -0.1) is 0 Å². The molecule has 1 heterocycles. The molecule has 0 saturated heterocycles. The molecule has 0 aliphatic carbocycles. The van der Waals surface area contributed by atoms with Crippen molar-refractivity contribution in [3.63, 3.8) is 0 Å². The lowest BCUT2D eigenvalue weighted by atomic mass is 9.95. The zero-order chi connectivity index (χ0) is 17.9. The number of nitrogens with one attached hydrogen (secondary N) is 2. The van der Waals surface area contributed by atoms with E-state index in [9.17, 15) is 14.9 Å². The van der Waals surface area contributed by atoms with Crippen LogP contribution in [0.4, 0.5) is 5.69 Å². The summed E-state index contributed by atoms with van der Waals surface area (Å²) in [5, 5.41) is 17.4. The second-order valence-electron chi connectivity index (χ2n) is 4.98. The highest BCUT2D eigenvalue weighted by Crippen LogP contribution is 2.34. The maximum Gasteiger partial charge on any atom is 0.338 e. The molecular formula is C15H17N3O5S. The normalized spacial score (nSPS) is 17.0. The van der Waals surface area contributed by atoms with Crippen molar-refractivity contribution in [2.75, 3.05) is 13.7 Å². The fourth-order valence-electron chi connectivity index (χ4n) is 2.45. The molecule has 0 fully saturated rings. The Morgan fingerprint density at radius 3 is 2.75 bits per heavy atom. The lowest BCUT2D eigenvalue weighted by molar-refractivity contribution is -0.385. The van der Waals surface area contributed by atoms with Gasteiger partial charge in [-0.3, -0.25) is 10.1 Å². The summed E-state index contributed by atoms with van der Waals surface area (Å²) in [6.07, 6.45) is 0. The molecule has 0 amide bonds. The molecule has 1 aromatic rings. The highest BCUT2D eigenvalue weighted by Gasteiger charge is 2.32. The van der Waals surface area contributed by atoms with Gasteiger partial charge in [0.1, 0.15) is 0 Å². The molecule has 128 valence electrons. The molecule has 2 N–H and O–H groups in total. The van der Waals surface area contributed by atoms with E-state index in [2.05, 4.69) is 10.6 Å². The summed E-state index contributed by atoms with van der Waals surface area (Å²) in [6, 6.07) is 3.83. The molecule has 1 aliphatic rings. The Morgan fingerprint density at radius 2 is 2.17 bits per heavy atom. The smallest absolute Gasteiger partial charge is 0.338 e. The predicted octanol–water partition coefficient (Wildman–Crippen LogP) is 1.96. The molecule has 8 nitrogen and oxygen atoms in total. The van der Waals surface area contributed by atoms with Crippen LogP contribution >= 0.6 is 12.2 Å². The van der Waals surface area contributed by atoms with Crippen LogP contribution in [0.2, 0.25) is 0 Å². The van der Waals surface area contributed by atoms with Crippen molar-refractivity contribution in [2.45, 2.75) is 19.9 Å². The summed E-state index contributed by atoms with van der Waals surface area (Å²) < 4.78 is 10.1. The number of hydrogen-bond donors (Lipinski definition) is 2. The zero-order valence-corrected chi connectivity index (χ0v) is 14.2. The van der Waals surface area contributed by atoms with Crippen LogP contribution in [0.15, 0.2) is 29.5 Å². The van der Waals surface area contributed by atoms with Gasteiger partial charge >= 0.3 is 11.7 Å². The maximum absolute atomic E-state index is 12.3. The summed E-state index contributed by atoms with van der Waals surface area (Å²) in [5.74, 6) is -0.375. The molecule has 0 aromatic heterocycles. The van der Waals surface area contributed by atoms with Gasteiger partial charge in [-0.1, -0.05) is 6.07 Å². The minimum absolute atomic E-state index is 0.138. The SMILES string of the molecule is CCOC(=O)C1=C(C)NC(=S)NC1c1ccc(OC)c([N+](=O)[O-])c1. The second kappa shape index (κ2) is 7.26. The largest absolute Gasteiger partial charge is 0.490 e. The van der Waals surface area contributed by atoms with Crippen LogP contribution < -0.4 is 15.4 Å². The molecule has 0 spiro atoms. The van der Waals surface area contributed by atoms with Crippen LogP contribution in [-0.4, -0.2) is 29.7 Å². The molecule has 2 rings (SSSR count). The van der Waals surface area contributed by atoms with Crippen LogP contribution in [0.3, 0.4) is 0 Å². The minimum atomic E-state index is -0.651. The molecule has 1 aliphatic heterocycles. The minimum Gasteiger partial charge on any atom is -0.490 e. The van der Waals surface area contributed by atoms with Gasteiger partial charge in [0.15, 0.2) is 10.9 Å². The number of rotatable bonds is 5. The maximum atomic E-state index is 12.3. The van der Waals surface area contributed by atoms with Gasteiger partial charge in [0.05, 0.1) is 30.3 Å². The number of allylic oxidation sites excluding steroid dienone is 1. The zero-order valence-electron chi connectivity index (χ0n) is 13.4. The Bertz CT molecular complexity index is 732. The molecule has 24 heavy (non-hydrogen) atoms. The predicted molar refractivity (Wildman–Crippen MR) is 90.6 cm³/mol. The molecule has 0 saturated carbocycles. The lowest BCUT2D eigenvalue weighted by Crippen LogP contribution is -2.45. The third-order valence-corrected chi connectivity index (χ3v) is 3.72. The van der Waals surface area contributed by atoms with Gasteiger partial charge in [-0.05, 0) is 37.7 Å². The standard InChI is InChI=1S/C15H17N3O5S/c1-4-23-14(19)12-8(2)16-15(24)17-13(12)9-5-6-11(22-3)10(7-9)18(20)21/h5-7,13H,4H2,1-3H3,(H2,16,17,24). The van der Waals surface area contributed by atoms with E-state index in [1.54, 1.807) is 19.9 Å². The van der Waals surface area contributed by atoms with Gasteiger partial charge in [0.25, 0.3) is 0 Å². The van der Waals surface area contributed by atoms with Gasteiger partial charge in [-0.2, -0.15) is 0 Å². The average Bonchev–Trinajstić information content (AvgIpc) is 2.53. The van der Waals surface area contributed by atoms with Crippen molar-refractivity contribution in [3.8, 4) is 5.75 Å². The molecule has 1 atom stereocenters. The first-order chi connectivity index (χ1) is 11.4. The summed E-state index contributed by atoms with van der Waals surface area (Å²) >= 11 is 5.13. The fourth-order valence-corrected chi connectivity index (χ4v) is 2.72. The highest BCUT2D eigenvalue weighted by atomic mass is 32.1. The van der Waals surface area contributed by atoms with Crippen molar-refractivity contribution in [1.29, 1.82) is 0 Å². The van der Waals surface area contributed by atoms with Crippen molar-refractivity contribution in [1.82, 2.24) is 10.6 Å². The molecular weight excluding hydrogens is 334 g/mol. The monoisotopic (exact) mass is 351 g/mol. The first kappa shape index (κ1) is 17.7. The van der Waals surface area contributed by atoms with E-state index in [1.807, 2.05) is 0 Å². The topological polar surface area (TPSA) is 103 Å². The van der Waals surface area contributed by atoms with Crippen LogP contribution in [0, 0.1) is 10.1 Å². The third kappa shape index (κ3) is 3.46. The molecule has 9 heteroatoms. The number of nitro groups is 1. The number of benzene rings is 1. The number of nitrogens with zero attached hydrogens (tertiary/aromatic N) is 1. The average molecular weight is 351 g/mol. The summed E-state index contributed by atoms with van der Waals surface area (Å²) in [5.41, 5.74) is 1.18. The van der Waals surface area contributed by atoms with Gasteiger partial charge in [-0.25, -0.2) is 4.79 Å². The Hall–Kier alpha value is -2.68. The number of thiocarbonyl (C=S) groups is 1. The van der Waals surface area contributed by atoms with Crippen LogP contribution in [0.5, 0.6) is 5.75 Å².